The molecule has 0 amide bonds. The quantitative estimate of drug-likeness (QED) is 0.478. The molecule has 128 valence electrons. The van der Waals surface area contributed by atoms with Crippen LogP contribution in [0.4, 0.5) is 5.69 Å². The van der Waals surface area contributed by atoms with Gasteiger partial charge in [-0.05, 0) is 13.0 Å². The standard InChI is InChI=1S/C12H13N3O4.2C2H6/c1-2-19-6-5-14-8-13-11-4-3-9(15(17)18)7-10(11)12(14)16;2*1-2/h3-4,7-8H,2,5-6H2,1H3;2*1-2H3. The van der Waals surface area contributed by atoms with Gasteiger partial charge < -0.3 is 4.74 Å². The lowest BCUT2D eigenvalue weighted by atomic mass is 10.2. The van der Waals surface area contributed by atoms with E-state index in [-0.39, 0.29) is 16.6 Å². The lowest BCUT2D eigenvalue weighted by Crippen LogP contribution is -2.22. The zero-order valence-electron chi connectivity index (χ0n) is 14.4. The van der Waals surface area contributed by atoms with Crippen LogP contribution in [0.25, 0.3) is 10.9 Å². The van der Waals surface area contributed by atoms with Crippen LogP contribution in [0.2, 0.25) is 0 Å². The van der Waals surface area contributed by atoms with Crippen molar-refractivity contribution in [2.24, 2.45) is 0 Å². The van der Waals surface area contributed by atoms with Gasteiger partial charge in [0.05, 0.1) is 35.3 Å². The number of nitrogens with zero attached hydrogens (tertiary/aromatic N) is 3. The van der Waals surface area contributed by atoms with Gasteiger partial charge in [-0.3, -0.25) is 19.5 Å². The molecule has 0 N–H and O–H groups in total. The van der Waals surface area contributed by atoms with E-state index in [1.165, 1.54) is 29.1 Å². The maximum absolute atomic E-state index is 12.1. The highest BCUT2D eigenvalue weighted by atomic mass is 16.6. The summed E-state index contributed by atoms with van der Waals surface area (Å²) < 4.78 is 6.56. The molecule has 23 heavy (non-hydrogen) atoms. The first kappa shape index (κ1) is 20.7. The van der Waals surface area contributed by atoms with E-state index in [0.717, 1.165) is 0 Å². The van der Waals surface area contributed by atoms with Crippen LogP contribution in [0, 0.1) is 10.1 Å². The number of rotatable bonds is 5. The molecule has 2 aromatic rings. The van der Waals surface area contributed by atoms with Gasteiger partial charge in [-0.15, -0.1) is 0 Å². The van der Waals surface area contributed by atoms with Crippen molar-refractivity contribution in [3.63, 3.8) is 0 Å². The van der Waals surface area contributed by atoms with Gasteiger partial charge in [0, 0.05) is 18.7 Å². The van der Waals surface area contributed by atoms with Gasteiger partial charge >= 0.3 is 0 Å². The van der Waals surface area contributed by atoms with Crippen LogP contribution in [-0.4, -0.2) is 27.7 Å². The molecule has 0 saturated carbocycles. The van der Waals surface area contributed by atoms with Crippen molar-refractivity contribution < 1.29 is 9.66 Å². The molecule has 0 aliphatic heterocycles. The average molecular weight is 323 g/mol. The Labute approximate surface area is 136 Å². The summed E-state index contributed by atoms with van der Waals surface area (Å²) >= 11 is 0. The third-order valence-corrected chi connectivity index (χ3v) is 2.70. The molecule has 0 saturated heterocycles. The molecule has 0 unspecified atom stereocenters. The molecule has 1 heterocycles. The zero-order chi connectivity index (χ0) is 17.8. The summed E-state index contributed by atoms with van der Waals surface area (Å²) in [6.45, 7) is 11.2. The number of fused-ring (bicyclic) bond motifs is 1. The van der Waals surface area contributed by atoms with Crippen LogP contribution in [0.3, 0.4) is 0 Å². The second kappa shape index (κ2) is 11.3. The molecule has 1 aromatic carbocycles. The molecule has 0 atom stereocenters. The van der Waals surface area contributed by atoms with E-state index < -0.39 is 4.92 Å². The van der Waals surface area contributed by atoms with Gasteiger partial charge in [0.25, 0.3) is 11.2 Å². The molecular formula is C16H25N3O4. The predicted octanol–water partition coefficient (Wildman–Crippen LogP) is 3.39. The Morgan fingerprint density at radius 1 is 1.26 bits per heavy atom. The van der Waals surface area contributed by atoms with E-state index in [2.05, 4.69) is 4.98 Å². The number of benzene rings is 1. The topological polar surface area (TPSA) is 87.3 Å². The molecule has 0 aliphatic carbocycles. The van der Waals surface area contributed by atoms with E-state index in [9.17, 15) is 14.9 Å². The minimum Gasteiger partial charge on any atom is -0.380 e. The second-order valence-electron chi connectivity index (χ2n) is 3.90. The predicted molar refractivity (Wildman–Crippen MR) is 91.8 cm³/mol. The molecule has 0 fully saturated rings. The van der Waals surface area contributed by atoms with E-state index in [1.807, 2.05) is 34.6 Å². The fourth-order valence-electron chi connectivity index (χ4n) is 1.73. The van der Waals surface area contributed by atoms with Gasteiger partial charge in [-0.2, -0.15) is 0 Å². The van der Waals surface area contributed by atoms with Gasteiger partial charge in [0.1, 0.15) is 0 Å². The maximum Gasteiger partial charge on any atom is 0.270 e. The molecule has 0 spiro atoms. The van der Waals surface area contributed by atoms with Crippen molar-refractivity contribution in [1.29, 1.82) is 0 Å². The summed E-state index contributed by atoms with van der Waals surface area (Å²) in [5, 5.41) is 11.0. The van der Waals surface area contributed by atoms with Crippen LogP contribution in [0.1, 0.15) is 34.6 Å². The van der Waals surface area contributed by atoms with Crippen molar-refractivity contribution in [2.45, 2.75) is 41.2 Å². The average Bonchev–Trinajstić information content (AvgIpc) is 2.60. The molecule has 0 radical (unpaired) electrons. The van der Waals surface area contributed by atoms with Gasteiger partial charge in [0.2, 0.25) is 0 Å². The Morgan fingerprint density at radius 3 is 2.48 bits per heavy atom. The summed E-state index contributed by atoms with van der Waals surface area (Å²) in [6.07, 6.45) is 1.43. The minimum absolute atomic E-state index is 0.117. The normalized spacial score (nSPS) is 9.43. The summed E-state index contributed by atoms with van der Waals surface area (Å²) in [4.78, 5) is 26.4. The number of hydrogen-bond acceptors (Lipinski definition) is 5. The van der Waals surface area contributed by atoms with Crippen LogP contribution < -0.4 is 5.56 Å². The number of aromatic nitrogens is 2. The maximum atomic E-state index is 12.1. The van der Waals surface area contributed by atoms with Crippen molar-refractivity contribution >= 4 is 16.6 Å². The third-order valence-electron chi connectivity index (χ3n) is 2.70. The van der Waals surface area contributed by atoms with Crippen LogP contribution in [0.15, 0.2) is 29.3 Å². The van der Waals surface area contributed by atoms with Crippen LogP contribution >= 0.6 is 0 Å². The van der Waals surface area contributed by atoms with Gasteiger partial charge in [-0.1, -0.05) is 27.7 Å². The van der Waals surface area contributed by atoms with Gasteiger partial charge in [0.15, 0.2) is 0 Å². The molecule has 2 rings (SSSR count). The SMILES string of the molecule is CC.CC.CCOCCn1cnc2ccc([N+](=O)[O-])cc2c1=O. The number of nitro benzene ring substituents is 1. The van der Waals surface area contributed by atoms with E-state index in [0.29, 0.717) is 25.3 Å². The number of ether oxygens (including phenoxy) is 1. The molecule has 7 nitrogen and oxygen atoms in total. The van der Waals surface area contributed by atoms with Crippen molar-refractivity contribution in [1.82, 2.24) is 9.55 Å². The smallest absolute Gasteiger partial charge is 0.270 e. The Morgan fingerprint density at radius 2 is 1.91 bits per heavy atom. The lowest BCUT2D eigenvalue weighted by Gasteiger charge is -2.06. The van der Waals surface area contributed by atoms with E-state index >= 15 is 0 Å². The van der Waals surface area contributed by atoms with E-state index in [4.69, 9.17) is 4.74 Å². The van der Waals surface area contributed by atoms with Crippen LogP contribution in [-0.2, 0) is 11.3 Å². The zero-order valence-corrected chi connectivity index (χ0v) is 14.4. The molecule has 7 heteroatoms. The minimum atomic E-state index is -0.531. The lowest BCUT2D eigenvalue weighted by molar-refractivity contribution is -0.384. The van der Waals surface area contributed by atoms with Crippen molar-refractivity contribution in [3.05, 3.63) is 45.0 Å². The fourth-order valence-corrected chi connectivity index (χ4v) is 1.73. The first-order valence-corrected chi connectivity index (χ1v) is 7.85. The van der Waals surface area contributed by atoms with Crippen molar-refractivity contribution in [2.75, 3.05) is 13.2 Å². The highest BCUT2D eigenvalue weighted by molar-refractivity contribution is 5.79. The summed E-state index contributed by atoms with van der Waals surface area (Å²) in [5.74, 6) is 0. The first-order valence-electron chi connectivity index (χ1n) is 7.85. The Kier molecular flexibility index (Phi) is 10.2. The van der Waals surface area contributed by atoms with Gasteiger partial charge in [-0.25, -0.2) is 4.98 Å². The summed E-state index contributed by atoms with van der Waals surface area (Å²) in [5.41, 5.74) is 0.0330. The Bertz CT molecular complexity index is 668. The summed E-state index contributed by atoms with van der Waals surface area (Å²) in [7, 11) is 0. The monoisotopic (exact) mass is 323 g/mol. The second-order valence-corrected chi connectivity index (χ2v) is 3.90. The van der Waals surface area contributed by atoms with Crippen molar-refractivity contribution in [3.8, 4) is 0 Å². The molecular weight excluding hydrogens is 298 g/mol. The first-order chi connectivity index (χ1) is 11.1. The Hall–Kier alpha value is -2.28. The highest BCUT2D eigenvalue weighted by Crippen LogP contribution is 2.16. The molecule has 0 bridgehead atoms. The Balaban J connectivity index is 0.00000112. The third kappa shape index (κ3) is 5.78. The fraction of sp³-hybridized carbons (Fsp3) is 0.500. The summed E-state index contributed by atoms with van der Waals surface area (Å²) in [6, 6.07) is 4.06. The van der Waals surface area contributed by atoms with Crippen LogP contribution in [0.5, 0.6) is 0 Å². The molecule has 1 aromatic heterocycles. The van der Waals surface area contributed by atoms with E-state index in [1.54, 1.807) is 0 Å². The largest absolute Gasteiger partial charge is 0.380 e. The number of non-ortho nitro benzene ring substituents is 1. The highest BCUT2D eigenvalue weighted by Gasteiger charge is 2.10. The molecule has 0 aliphatic rings. The number of hydrogen-bond donors (Lipinski definition) is 0. The number of nitro groups is 1.